The van der Waals surface area contributed by atoms with E-state index >= 15 is 0 Å². The largest absolute Gasteiger partial charge is 0.454 e. The SMILES string of the molecule is c1ccc(POc2ccnnn2)cc1. The maximum absolute atomic E-state index is 5.41. The maximum atomic E-state index is 5.41. The van der Waals surface area contributed by atoms with Crippen molar-refractivity contribution in [1.29, 1.82) is 0 Å². The molecular weight excluding hydrogens is 197 g/mol. The average Bonchev–Trinajstić information content (AvgIpc) is 2.29. The minimum absolute atomic E-state index is 0.252. The molecular formula is C9H8N3OP. The van der Waals surface area contributed by atoms with Crippen molar-refractivity contribution in [2.24, 2.45) is 0 Å². The summed E-state index contributed by atoms with van der Waals surface area (Å²) in [6, 6.07) is 11.6. The monoisotopic (exact) mass is 205 g/mol. The van der Waals surface area contributed by atoms with Gasteiger partial charge in [-0.25, -0.2) is 0 Å². The van der Waals surface area contributed by atoms with Crippen molar-refractivity contribution in [2.75, 3.05) is 0 Å². The van der Waals surface area contributed by atoms with Crippen molar-refractivity contribution >= 4 is 14.1 Å². The molecule has 0 fully saturated rings. The van der Waals surface area contributed by atoms with Crippen molar-refractivity contribution < 1.29 is 4.52 Å². The van der Waals surface area contributed by atoms with Gasteiger partial charge in [0.15, 0.2) is 0 Å². The zero-order chi connectivity index (χ0) is 9.64. The molecule has 4 nitrogen and oxygen atoms in total. The van der Waals surface area contributed by atoms with Gasteiger partial charge in [-0.05, 0) is 5.21 Å². The van der Waals surface area contributed by atoms with Gasteiger partial charge in [-0.2, -0.15) is 0 Å². The lowest BCUT2D eigenvalue weighted by Gasteiger charge is -2.02. The second-order valence-corrected chi connectivity index (χ2v) is 3.51. The van der Waals surface area contributed by atoms with Gasteiger partial charge in [-0.1, -0.05) is 35.4 Å². The van der Waals surface area contributed by atoms with Crippen LogP contribution in [0.15, 0.2) is 42.6 Å². The molecule has 1 unspecified atom stereocenters. The number of hydrogen-bond donors (Lipinski definition) is 0. The fourth-order valence-corrected chi connectivity index (χ4v) is 1.56. The van der Waals surface area contributed by atoms with Crippen molar-refractivity contribution in [3.8, 4) is 5.88 Å². The lowest BCUT2D eigenvalue weighted by atomic mass is 10.4. The summed E-state index contributed by atoms with van der Waals surface area (Å²) < 4.78 is 5.41. The molecule has 1 aromatic heterocycles. The predicted molar refractivity (Wildman–Crippen MR) is 54.8 cm³/mol. The number of rotatable bonds is 3. The summed E-state index contributed by atoms with van der Waals surface area (Å²) in [5.41, 5.74) is 0. The topological polar surface area (TPSA) is 47.9 Å². The van der Waals surface area contributed by atoms with Gasteiger partial charge < -0.3 is 4.52 Å². The molecule has 0 radical (unpaired) electrons. The number of nitrogens with zero attached hydrogens (tertiary/aromatic N) is 3. The third-order valence-corrected chi connectivity index (χ3v) is 2.41. The Bertz CT molecular complexity index is 342. The van der Waals surface area contributed by atoms with Crippen LogP contribution in [0.5, 0.6) is 5.88 Å². The smallest absolute Gasteiger partial charge is 0.239 e. The van der Waals surface area contributed by atoms with Crippen LogP contribution >= 0.6 is 8.81 Å². The van der Waals surface area contributed by atoms with Crippen molar-refractivity contribution in [1.82, 2.24) is 15.4 Å². The van der Waals surface area contributed by atoms with Crippen LogP contribution in [-0.2, 0) is 0 Å². The van der Waals surface area contributed by atoms with Gasteiger partial charge in [0.2, 0.25) is 5.88 Å². The molecule has 0 bridgehead atoms. The first-order valence-corrected chi connectivity index (χ1v) is 4.98. The Morgan fingerprint density at radius 1 is 1.07 bits per heavy atom. The van der Waals surface area contributed by atoms with Crippen molar-refractivity contribution in [3.63, 3.8) is 0 Å². The summed E-state index contributed by atoms with van der Waals surface area (Å²) in [7, 11) is 0.252. The van der Waals surface area contributed by atoms with E-state index in [0.29, 0.717) is 5.88 Å². The van der Waals surface area contributed by atoms with E-state index in [2.05, 4.69) is 15.4 Å². The normalized spacial score (nSPS) is 10.6. The standard InChI is InChI=1S/C9H8N3OP/c1-2-4-8(5-3-1)14-13-9-6-7-10-12-11-9/h1-7,14H. The Balaban J connectivity index is 1.96. The van der Waals surface area contributed by atoms with Crippen LogP contribution in [0.25, 0.3) is 0 Å². The molecule has 14 heavy (non-hydrogen) atoms. The quantitative estimate of drug-likeness (QED) is 0.705. The highest BCUT2D eigenvalue weighted by molar-refractivity contribution is 7.42. The fraction of sp³-hybridized carbons (Fsp3) is 0. The summed E-state index contributed by atoms with van der Waals surface area (Å²) in [5, 5.41) is 11.9. The Morgan fingerprint density at radius 3 is 2.64 bits per heavy atom. The molecule has 1 heterocycles. The maximum Gasteiger partial charge on any atom is 0.239 e. The van der Waals surface area contributed by atoms with Gasteiger partial charge in [0, 0.05) is 11.4 Å². The molecule has 0 aliphatic heterocycles. The number of hydrogen-bond acceptors (Lipinski definition) is 4. The summed E-state index contributed by atoms with van der Waals surface area (Å²) in [5.74, 6) is 0.502. The van der Waals surface area contributed by atoms with E-state index < -0.39 is 0 Å². The van der Waals surface area contributed by atoms with E-state index in [1.807, 2.05) is 30.3 Å². The molecule has 1 aromatic carbocycles. The van der Waals surface area contributed by atoms with Gasteiger partial charge in [0.1, 0.15) is 8.81 Å². The first-order valence-electron chi connectivity index (χ1n) is 4.07. The molecule has 2 rings (SSSR count). The first-order chi connectivity index (χ1) is 6.95. The van der Waals surface area contributed by atoms with E-state index in [0.717, 1.165) is 5.30 Å². The molecule has 0 aliphatic rings. The van der Waals surface area contributed by atoms with E-state index in [1.54, 1.807) is 12.3 Å². The highest BCUT2D eigenvalue weighted by Crippen LogP contribution is 2.15. The third kappa shape index (κ3) is 2.47. The molecule has 70 valence electrons. The fourth-order valence-electron chi connectivity index (χ4n) is 0.902. The second-order valence-electron chi connectivity index (χ2n) is 2.53. The Kier molecular flexibility index (Phi) is 2.99. The highest BCUT2D eigenvalue weighted by Gasteiger charge is 1.95. The molecule has 0 amide bonds. The average molecular weight is 205 g/mol. The number of benzene rings is 1. The van der Waals surface area contributed by atoms with E-state index in [9.17, 15) is 0 Å². The first kappa shape index (κ1) is 9.03. The Morgan fingerprint density at radius 2 is 1.93 bits per heavy atom. The van der Waals surface area contributed by atoms with Crippen LogP contribution in [0.2, 0.25) is 0 Å². The molecule has 0 N–H and O–H groups in total. The van der Waals surface area contributed by atoms with Gasteiger partial charge in [0.05, 0.1) is 6.20 Å². The zero-order valence-corrected chi connectivity index (χ0v) is 8.29. The van der Waals surface area contributed by atoms with Crippen LogP contribution < -0.4 is 9.83 Å². The molecule has 0 saturated carbocycles. The van der Waals surface area contributed by atoms with E-state index in [1.165, 1.54) is 0 Å². The van der Waals surface area contributed by atoms with Crippen LogP contribution in [0, 0.1) is 0 Å². The van der Waals surface area contributed by atoms with E-state index in [-0.39, 0.29) is 8.81 Å². The molecule has 0 aliphatic carbocycles. The van der Waals surface area contributed by atoms with Gasteiger partial charge in [0.25, 0.3) is 0 Å². The summed E-state index contributed by atoms with van der Waals surface area (Å²) in [6.45, 7) is 0. The second kappa shape index (κ2) is 4.63. The lowest BCUT2D eigenvalue weighted by molar-refractivity contribution is 0.581. The third-order valence-electron chi connectivity index (χ3n) is 1.53. The van der Waals surface area contributed by atoms with E-state index in [4.69, 9.17) is 4.52 Å². The molecule has 2 aromatic rings. The minimum atomic E-state index is 0.252. The number of aromatic nitrogens is 3. The van der Waals surface area contributed by atoms with Crippen LogP contribution in [0.3, 0.4) is 0 Å². The highest BCUT2D eigenvalue weighted by atomic mass is 31.1. The summed E-state index contributed by atoms with van der Waals surface area (Å²) in [6.07, 6.45) is 1.55. The van der Waals surface area contributed by atoms with Crippen molar-refractivity contribution in [3.05, 3.63) is 42.6 Å². The summed E-state index contributed by atoms with van der Waals surface area (Å²) in [4.78, 5) is 0. The molecule has 1 atom stereocenters. The molecule has 0 spiro atoms. The zero-order valence-electron chi connectivity index (χ0n) is 7.29. The van der Waals surface area contributed by atoms with Crippen LogP contribution in [-0.4, -0.2) is 15.4 Å². The summed E-state index contributed by atoms with van der Waals surface area (Å²) >= 11 is 0. The molecule has 5 heteroatoms. The van der Waals surface area contributed by atoms with Crippen LogP contribution in [0.4, 0.5) is 0 Å². The van der Waals surface area contributed by atoms with Gasteiger partial charge >= 0.3 is 0 Å². The van der Waals surface area contributed by atoms with Crippen LogP contribution in [0.1, 0.15) is 0 Å². The lowest BCUT2D eigenvalue weighted by Crippen LogP contribution is -1.96. The van der Waals surface area contributed by atoms with Gasteiger partial charge in [-0.15, -0.1) is 5.10 Å². The van der Waals surface area contributed by atoms with Gasteiger partial charge in [-0.3, -0.25) is 0 Å². The minimum Gasteiger partial charge on any atom is -0.454 e. The predicted octanol–water partition coefficient (Wildman–Crippen LogP) is 1.17. The Hall–Kier alpha value is -1.54. The Labute approximate surface area is 83.2 Å². The van der Waals surface area contributed by atoms with Crippen molar-refractivity contribution in [2.45, 2.75) is 0 Å². The molecule has 0 saturated heterocycles.